The van der Waals surface area contributed by atoms with Gasteiger partial charge in [0.25, 0.3) is 0 Å². The summed E-state index contributed by atoms with van der Waals surface area (Å²) in [6, 6.07) is 0. The fraction of sp³-hybridized carbons (Fsp3) is 0.944. The minimum atomic E-state index is -1.24. The maximum atomic E-state index is 11.8. The molecule has 0 aliphatic carbocycles. The standard InChI is InChI=1S/C18H36O4/c1-5-8-9-10-11-12-13-14-15-16-17(19)22-18(4,20-6-2)21-7-3/h5-16H2,1-4H3. The van der Waals surface area contributed by atoms with E-state index in [0.29, 0.717) is 19.6 Å². The molecule has 0 atom stereocenters. The molecule has 0 spiro atoms. The Morgan fingerprint density at radius 2 is 1.23 bits per heavy atom. The second-order valence-corrected chi connectivity index (χ2v) is 5.78. The van der Waals surface area contributed by atoms with Gasteiger partial charge in [-0.3, -0.25) is 4.79 Å². The van der Waals surface area contributed by atoms with Gasteiger partial charge in [0.1, 0.15) is 0 Å². The van der Waals surface area contributed by atoms with Gasteiger partial charge in [-0.25, -0.2) is 0 Å². The zero-order valence-electron chi connectivity index (χ0n) is 15.1. The van der Waals surface area contributed by atoms with Crippen molar-refractivity contribution in [1.82, 2.24) is 0 Å². The highest BCUT2D eigenvalue weighted by molar-refractivity contribution is 5.69. The van der Waals surface area contributed by atoms with E-state index in [1.165, 1.54) is 44.9 Å². The number of carbonyl (C=O) groups is 1. The molecule has 0 N–H and O–H groups in total. The molecule has 0 aromatic carbocycles. The van der Waals surface area contributed by atoms with Gasteiger partial charge in [-0.05, 0) is 20.3 Å². The van der Waals surface area contributed by atoms with E-state index < -0.39 is 5.97 Å². The average molecular weight is 316 g/mol. The van der Waals surface area contributed by atoms with Crippen LogP contribution in [0, 0.1) is 0 Å². The molecule has 0 rings (SSSR count). The maximum absolute atomic E-state index is 11.8. The average Bonchev–Trinajstić information content (AvgIpc) is 2.45. The van der Waals surface area contributed by atoms with Gasteiger partial charge in [-0.1, -0.05) is 58.3 Å². The van der Waals surface area contributed by atoms with Crippen molar-refractivity contribution < 1.29 is 19.0 Å². The predicted octanol–water partition coefficient (Wildman–Crippen LogP) is 5.20. The monoisotopic (exact) mass is 316 g/mol. The van der Waals surface area contributed by atoms with Gasteiger partial charge in [0.15, 0.2) is 0 Å². The van der Waals surface area contributed by atoms with Gasteiger partial charge in [0, 0.05) is 13.3 Å². The van der Waals surface area contributed by atoms with Gasteiger partial charge in [0.2, 0.25) is 0 Å². The Kier molecular flexibility index (Phi) is 13.6. The molecule has 0 radical (unpaired) electrons. The summed E-state index contributed by atoms with van der Waals surface area (Å²) in [7, 11) is 0. The highest BCUT2D eigenvalue weighted by Gasteiger charge is 2.29. The minimum absolute atomic E-state index is 0.243. The topological polar surface area (TPSA) is 44.8 Å². The van der Waals surface area contributed by atoms with Crippen LogP contribution in [-0.4, -0.2) is 25.2 Å². The molecule has 0 saturated carbocycles. The number of ether oxygens (including phenoxy) is 3. The van der Waals surface area contributed by atoms with Gasteiger partial charge < -0.3 is 14.2 Å². The molecule has 0 heterocycles. The summed E-state index contributed by atoms with van der Waals surface area (Å²) in [4.78, 5) is 11.8. The van der Waals surface area contributed by atoms with Crippen LogP contribution in [0.15, 0.2) is 0 Å². The van der Waals surface area contributed by atoms with E-state index in [9.17, 15) is 4.79 Å². The van der Waals surface area contributed by atoms with Crippen molar-refractivity contribution in [2.24, 2.45) is 0 Å². The zero-order chi connectivity index (χ0) is 16.7. The Balaban J connectivity index is 3.63. The van der Waals surface area contributed by atoms with Crippen molar-refractivity contribution in [2.45, 2.75) is 97.9 Å². The molecule has 0 aliphatic rings. The molecule has 0 saturated heterocycles. The molecular weight excluding hydrogens is 280 g/mol. The largest absolute Gasteiger partial charge is 0.408 e. The summed E-state index contributed by atoms with van der Waals surface area (Å²) in [5, 5.41) is 0. The van der Waals surface area contributed by atoms with Crippen LogP contribution in [0.25, 0.3) is 0 Å². The Labute approximate surface area is 136 Å². The zero-order valence-corrected chi connectivity index (χ0v) is 15.1. The summed E-state index contributed by atoms with van der Waals surface area (Å²) in [5.41, 5.74) is 0. The smallest absolute Gasteiger partial charge is 0.326 e. The fourth-order valence-electron chi connectivity index (χ4n) is 2.46. The molecule has 0 aromatic heterocycles. The van der Waals surface area contributed by atoms with Crippen LogP contribution >= 0.6 is 0 Å². The minimum Gasteiger partial charge on any atom is -0.408 e. The van der Waals surface area contributed by atoms with Gasteiger partial charge in [0.05, 0.1) is 13.2 Å². The van der Waals surface area contributed by atoms with Crippen LogP contribution in [0.1, 0.15) is 91.9 Å². The number of rotatable bonds is 15. The number of hydrogen-bond acceptors (Lipinski definition) is 4. The lowest BCUT2D eigenvalue weighted by molar-refractivity contribution is -0.349. The summed E-state index contributed by atoms with van der Waals surface area (Å²) >= 11 is 0. The molecule has 22 heavy (non-hydrogen) atoms. The first-order valence-electron chi connectivity index (χ1n) is 9.07. The molecule has 4 nitrogen and oxygen atoms in total. The summed E-state index contributed by atoms with van der Waals surface area (Å²) in [6.45, 7) is 8.48. The lowest BCUT2D eigenvalue weighted by Crippen LogP contribution is -2.38. The van der Waals surface area contributed by atoms with Crippen molar-refractivity contribution >= 4 is 5.97 Å². The van der Waals surface area contributed by atoms with E-state index in [0.717, 1.165) is 12.8 Å². The van der Waals surface area contributed by atoms with Crippen molar-refractivity contribution in [3.8, 4) is 0 Å². The van der Waals surface area contributed by atoms with E-state index in [2.05, 4.69) is 6.92 Å². The van der Waals surface area contributed by atoms with E-state index in [-0.39, 0.29) is 5.97 Å². The van der Waals surface area contributed by atoms with Crippen molar-refractivity contribution in [2.75, 3.05) is 13.2 Å². The van der Waals surface area contributed by atoms with Crippen LogP contribution in [0.2, 0.25) is 0 Å². The van der Waals surface area contributed by atoms with Crippen molar-refractivity contribution in [3.63, 3.8) is 0 Å². The molecule has 0 fully saturated rings. The predicted molar refractivity (Wildman–Crippen MR) is 89.6 cm³/mol. The molecule has 0 bridgehead atoms. The van der Waals surface area contributed by atoms with E-state index in [1.807, 2.05) is 13.8 Å². The van der Waals surface area contributed by atoms with Crippen molar-refractivity contribution in [3.05, 3.63) is 0 Å². The second-order valence-electron chi connectivity index (χ2n) is 5.78. The Hall–Kier alpha value is -0.610. The molecule has 132 valence electrons. The van der Waals surface area contributed by atoms with Gasteiger partial charge in [-0.2, -0.15) is 0 Å². The van der Waals surface area contributed by atoms with E-state index in [4.69, 9.17) is 14.2 Å². The Morgan fingerprint density at radius 1 is 0.773 bits per heavy atom. The summed E-state index contributed by atoms with van der Waals surface area (Å²) in [5.74, 6) is -1.48. The quantitative estimate of drug-likeness (QED) is 0.237. The van der Waals surface area contributed by atoms with Gasteiger partial charge in [-0.15, -0.1) is 0 Å². The molecule has 0 unspecified atom stereocenters. The molecule has 0 amide bonds. The Bertz CT molecular complexity index is 260. The van der Waals surface area contributed by atoms with Crippen LogP contribution in [0.5, 0.6) is 0 Å². The van der Waals surface area contributed by atoms with Crippen LogP contribution in [0.3, 0.4) is 0 Å². The number of unbranched alkanes of at least 4 members (excludes halogenated alkanes) is 8. The first-order chi connectivity index (χ1) is 10.6. The third-order valence-electron chi connectivity index (χ3n) is 3.60. The lowest BCUT2D eigenvalue weighted by Gasteiger charge is -2.28. The molecule has 0 aromatic rings. The first-order valence-corrected chi connectivity index (χ1v) is 9.07. The molecular formula is C18H36O4. The molecule has 4 heteroatoms. The van der Waals surface area contributed by atoms with Crippen LogP contribution in [0.4, 0.5) is 0 Å². The van der Waals surface area contributed by atoms with E-state index >= 15 is 0 Å². The maximum Gasteiger partial charge on any atom is 0.326 e. The first kappa shape index (κ1) is 21.4. The third kappa shape index (κ3) is 12.0. The Morgan fingerprint density at radius 3 is 1.68 bits per heavy atom. The normalized spacial score (nSPS) is 11.6. The second kappa shape index (κ2) is 14.0. The highest BCUT2D eigenvalue weighted by atomic mass is 16.9. The summed E-state index contributed by atoms with van der Waals surface area (Å²) < 4.78 is 16.0. The number of carbonyl (C=O) groups excluding carboxylic acids is 1. The van der Waals surface area contributed by atoms with Gasteiger partial charge >= 0.3 is 11.9 Å². The van der Waals surface area contributed by atoms with Crippen LogP contribution in [-0.2, 0) is 19.0 Å². The third-order valence-corrected chi connectivity index (χ3v) is 3.60. The number of hydrogen-bond donors (Lipinski definition) is 0. The summed E-state index contributed by atoms with van der Waals surface area (Å²) in [6.07, 6.45) is 11.5. The number of esters is 1. The fourth-order valence-corrected chi connectivity index (χ4v) is 2.46. The van der Waals surface area contributed by atoms with Crippen molar-refractivity contribution in [1.29, 1.82) is 0 Å². The van der Waals surface area contributed by atoms with Crippen LogP contribution < -0.4 is 0 Å². The molecule has 0 aliphatic heterocycles. The lowest BCUT2D eigenvalue weighted by atomic mass is 10.1. The van der Waals surface area contributed by atoms with E-state index in [1.54, 1.807) is 6.92 Å². The highest BCUT2D eigenvalue weighted by Crippen LogP contribution is 2.17. The SMILES string of the molecule is CCCCCCCCCCCC(=O)OC(C)(OCC)OCC.